The van der Waals surface area contributed by atoms with Crippen LogP contribution in [0.2, 0.25) is 0 Å². The van der Waals surface area contributed by atoms with Gasteiger partial charge in [-0.05, 0) is 19.1 Å². The van der Waals surface area contributed by atoms with Gasteiger partial charge < -0.3 is 10.6 Å². The first-order chi connectivity index (χ1) is 12.8. The van der Waals surface area contributed by atoms with Crippen molar-refractivity contribution in [2.75, 3.05) is 32.7 Å². The third-order valence-corrected chi connectivity index (χ3v) is 5.24. The summed E-state index contributed by atoms with van der Waals surface area (Å²) in [7, 11) is 0. The van der Waals surface area contributed by atoms with Crippen molar-refractivity contribution < 1.29 is 18.0 Å². The van der Waals surface area contributed by atoms with Gasteiger partial charge in [0.15, 0.2) is 0 Å². The van der Waals surface area contributed by atoms with Gasteiger partial charge in [-0.15, -0.1) is 11.3 Å². The van der Waals surface area contributed by atoms with E-state index in [1.807, 2.05) is 18.4 Å². The molecule has 0 spiro atoms. The molecule has 1 aliphatic heterocycles. The summed E-state index contributed by atoms with van der Waals surface area (Å²) in [6.07, 6.45) is -4.40. The fourth-order valence-electron chi connectivity index (χ4n) is 3.05. The molecule has 1 aromatic heterocycles. The van der Waals surface area contributed by atoms with Crippen LogP contribution in [0.3, 0.4) is 0 Å². The summed E-state index contributed by atoms with van der Waals surface area (Å²) in [4.78, 5) is 18.2. The first-order valence-electron chi connectivity index (χ1n) is 8.67. The smallest absolute Gasteiger partial charge is 0.350 e. The molecular formula is C18H21F3N4OS. The van der Waals surface area contributed by atoms with Crippen molar-refractivity contribution in [2.24, 2.45) is 0 Å². The largest absolute Gasteiger partial charge is 0.405 e. The summed E-state index contributed by atoms with van der Waals surface area (Å²) < 4.78 is 40.3. The molecule has 5 nitrogen and oxygen atoms in total. The van der Waals surface area contributed by atoms with Crippen molar-refractivity contribution in [2.45, 2.75) is 19.1 Å². The number of benzene rings is 1. The lowest BCUT2D eigenvalue weighted by atomic mass is 10.1. The minimum Gasteiger partial charge on any atom is -0.350 e. The molecule has 1 atom stereocenters. The Morgan fingerprint density at radius 2 is 2.11 bits per heavy atom. The minimum absolute atomic E-state index is 0.304. The van der Waals surface area contributed by atoms with Crippen molar-refractivity contribution in [1.82, 2.24) is 20.5 Å². The molecule has 1 unspecified atom stereocenters. The fraction of sp³-hybridized carbons (Fsp3) is 0.444. The second-order valence-electron chi connectivity index (χ2n) is 6.39. The molecule has 0 aliphatic carbocycles. The van der Waals surface area contributed by atoms with E-state index in [1.165, 1.54) is 16.2 Å². The van der Waals surface area contributed by atoms with E-state index in [0.29, 0.717) is 31.7 Å². The van der Waals surface area contributed by atoms with Gasteiger partial charge in [0.1, 0.15) is 6.04 Å². The zero-order valence-electron chi connectivity index (χ0n) is 14.8. The Morgan fingerprint density at radius 3 is 2.74 bits per heavy atom. The van der Waals surface area contributed by atoms with Gasteiger partial charge in [-0.1, -0.05) is 12.1 Å². The Labute approximate surface area is 159 Å². The summed E-state index contributed by atoms with van der Waals surface area (Å²) in [6.45, 7) is 3.04. The molecule has 0 radical (unpaired) electrons. The van der Waals surface area contributed by atoms with Crippen molar-refractivity contribution in [3.8, 4) is 11.3 Å². The Bertz CT molecular complexity index is 787. The van der Waals surface area contributed by atoms with Gasteiger partial charge in [0.25, 0.3) is 5.91 Å². The average Bonchev–Trinajstić information content (AvgIpc) is 3.08. The number of aryl methyl sites for hydroxylation is 1. The summed E-state index contributed by atoms with van der Waals surface area (Å²) >= 11 is 1.50. The van der Waals surface area contributed by atoms with Crippen molar-refractivity contribution in [3.05, 3.63) is 40.2 Å². The molecule has 0 bridgehead atoms. The summed E-state index contributed by atoms with van der Waals surface area (Å²) in [5, 5.41) is 8.27. The number of aromatic nitrogens is 1. The highest BCUT2D eigenvalue weighted by molar-refractivity contribution is 7.09. The number of hydrogen-bond donors (Lipinski definition) is 2. The van der Waals surface area contributed by atoms with Crippen molar-refractivity contribution >= 4 is 17.2 Å². The van der Waals surface area contributed by atoms with E-state index >= 15 is 0 Å². The number of nitrogens with zero attached hydrogens (tertiary/aromatic N) is 2. The molecule has 9 heteroatoms. The van der Waals surface area contributed by atoms with Crippen LogP contribution in [-0.4, -0.2) is 60.7 Å². The zero-order valence-corrected chi connectivity index (χ0v) is 15.7. The van der Waals surface area contributed by atoms with Crippen LogP contribution in [0, 0.1) is 6.92 Å². The van der Waals surface area contributed by atoms with Crippen molar-refractivity contribution in [3.63, 3.8) is 0 Å². The molecule has 1 aromatic carbocycles. The number of alkyl halides is 3. The summed E-state index contributed by atoms with van der Waals surface area (Å²) in [5.41, 5.74) is 1.84. The number of hydrogen-bond acceptors (Lipinski definition) is 5. The Hall–Kier alpha value is -1.97. The summed E-state index contributed by atoms with van der Waals surface area (Å²) in [5.74, 6) is -0.520. The van der Waals surface area contributed by atoms with Gasteiger partial charge in [-0.3, -0.25) is 9.69 Å². The van der Waals surface area contributed by atoms with Gasteiger partial charge in [0.2, 0.25) is 0 Å². The topological polar surface area (TPSA) is 57.3 Å². The van der Waals surface area contributed by atoms with Crippen LogP contribution in [0.25, 0.3) is 11.3 Å². The first kappa shape index (κ1) is 19.8. The average molecular weight is 398 g/mol. The minimum atomic E-state index is -4.40. The van der Waals surface area contributed by atoms with Crippen LogP contribution in [0.5, 0.6) is 0 Å². The number of amides is 1. The van der Waals surface area contributed by atoms with E-state index in [2.05, 4.69) is 15.6 Å². The van der Waals surface area contributed by atoms with Gasteiger partial charge in [-0.25, -0.2) is 4.98 Å². The molecule has 1 fully saturated rings. The number of carbonyl (C=O) groups excluding carboxylic acids is 1. The zero-order chi connectivity index (χ0) is 19.4. The van der Waals surface area contributed by atoms with E-state index in [1.54, 1.807) is 18.2 Å². The molecule has 2 heterocycles. The lowest BCUT2D eigenvalue weighted by Crippen LogP contribution is -2.57. The van der Waals surface area contributed by atoms with Crippen LogP contribution in [0.4, 0.5) is 13.2 Å². The van der Waals surface area contributed by atoms with E-state index in [9.17, 15) is 18.0 Å². The highest BCUT2D eigenvalue weighted by atomic mass is 32.1. The predicted molar refractivity (Wildman–Crippen MR) is 98.9 cm³/mol. The Morgan fingerprint density at radius 1 is 1.37 bits per heavy atom. The maximum Gasteiger partial charge on any atom is 0.405 e. The standard InChI is InChI=1S/C18H21F3N4OS/c1-12-24-15(11-27-12)13-3-2-4-14(9-13)17(26)23-10-16(18(19,20)21)25-7-5-22-6-8-25/h2-4,9,11,16,22H,5-8,10H2,1H3,(H,23,26). The second kappa shape index (κ2) is 8.37. The number of nitrogens with one attached hydrogen (secondary N) is 2. The van der Waals surface area contributed by atoms with Gasteiger partial charge >= 0.3 is 6.18 Å². The van der Waals surface area contributed by atoms with E-state index in [0.717, 1.165) is 16.3 Å². The fourth-order valence-corrected chi connectivity index (χ4v) is 3.67. The molecule has 2 N–H and O–H groups in total. The molecule has 146 valence electrons. The molecule has 2 aromatic rings. The van der Waals surface area contributed by atoms with Crippen LogP contribution in [-0.2, 0) is 0 Å². The second-order valence-corrected chi connectivity index (χ2v) is 7.45. The Kier molecular flexibility index (Phi) is 6.13. The lowest BCUT2D eigenvalue weighted by Gasteiger charge is -2.35. The number of halogens is 3. The molecule has 0 saturated carbocycles. The van der Waals surface area contributed by atoms with Crippen LogP contribution in [0.1, 0.15) is 15.4 Å². The molecular weight excluding hydrogens is 377 g/mol. The first-order valence-corrected chi connectivity index (χ1v) is 9.55. The predicted octanol–water partition coefficient (Wildman–Crippen LogP) is 2.68. The number of thiazole rings is 1. The van der Waals surface area contributed by atoms with Crippen molar-refractivity contribution in [1.29, 1.82) is 0 Å². The van der Waals surface area contributed by atoms with Gasteiger partial charge in [0, 0.05) is 49.2 Å². The van der Waals surface area contributed by atoms with Crippen LogP contribution < -0.4 is 10.6 Å². The third-order valence-electron chi connectivity index (χ3n) is 4.47. The van der Waals surface area contributed by atoms with Crippen LogP contribution in [0.15, 0.2) is 29.6 Å². The van der Waals surface area contributed by atoms with E-state index in [-0.39, 0.29) is 0 Å². The third kappa shape index (κ3) is 5.06. The molecule has 27 heavy (non-hydrogen) atoms. The maximum absolute atomic E-state index is 13.4. The Balaban J connectivity index is 1.68. The number of piperazine rings is 1. The quantitative estimate of drug-likeness (QED) is 0.813. The van der Waals surface area contributed by atoms with Gasteiger partial charge in [-0.2, -0.15) is 13.2 Å². The molecule has 1 saturated heterocycles. The lowest BCUT2D eigenvalue weighted by molar-refractivity contribution is -0.183. The monoisotopic (exact) mass is 398 g/mol. The summed E-state index contributed by atoms with van der Waals surface area (Å²) in [6, 6.07) is 5.08. The van der Waals surface area contributed by atoms with E-state index < -0.39 is 24.7 Å². The van der Waals surface area contributed by atoms with Gasteiger partial charge in [0.05, 0.1) is 10.7 Å². The van der Waals surface area contributed by atoms with Crippen LogP contribution >= 0.6 is 11.3 Å². The van der Waals surface area contributed by atoms with E-state index in [4.69, 9.17) is 0 Å². The highest BCUT2D eigenvalue weighted by Gasteiger charge is 2.43. The molecule has 1 amide bonds. The normalized spacial score (nSPS) is 16.9. The molecule has 3 rings (SSSR count). The SMILES string of the molecule is Cc1nc(-c2cccc(C(=O)NCC(N3CCNCC3)C(F)(F)F)c2)cs1. The number of carbonyl (C=O) groups is 1. The number of rotatable bonds is 5. The highest BCUT2D eigenvalue weighted by Crippen LogP contribution is 2.25. The molecule has 1 aliphatic rings. The maximum atomic E-state index is 13.4.